The minimum absolute atomic E-state index is 0.124. The maximum absolute atomic E-state index is 11.9. The molecule has 0 aliphatic carbocycles. The quantitative estimate of drug-likeness (QED) is 0.564. The lowest BCUT2D eigenvalue weighted by molar-refractivity contribution is 0.883. The van der Waals surface area contributed by atoms with Crippen LogP contribution in [0.2, 0.25) is 0 Å². The van der Waals surface area contributed by atoms with Crippen molar-refractivity contribution in [2.45, 2.75) is 13.8 Å². The molecule has 130 valence electrons. The summed E-state index contributed by atoms with van der Waals surface area (Å²) in [6, 6.07) is 5.00. The molecule has 8 heteroatoms. The predicted octanol–water partition coefficient (Wildman–Crippen LogP) is 1.80. The van der Waals surface area contributed by atoms with Crippen LogP contribution in [0.4, 0.5) is 0 Å². The Bertz CT molecular complexity index is 1160. The van der Waals surface area contributed by atoms with Crippen LogP contribution >= 0.6 is 0 Å². The van der Waals surface area contributed by atoms with Crippen LogP contribution in [0.25, 0.3) is 23.6 Å². The van der Waals surface area contributed by atoms with Crippen LogP contribution in [0, 0.1) is 13.8 Å². The van der Waals surface area contributed by atoms with Gasteiger partial charge in [-0.05, 0) is 32.1 Å². The van der Waals surface area contributed by atoms with E-state index in [1.807, 2.05) is 31.5 Å². The molecule has 0 spiro atoms. The average molecular weight is 347 g/mol. The van der Waals surface area contributed by atoms with Gasteiger partial charge in [0.2, 0.25) is 0 Å². The Labute approximate surface area is 149 Å². The zero-order valence-electron chi connectivity index (χ0n) is 14.7. The lowest BCUT2D eigenvalue weighted by Crippen LogP contribution is -2.15. The molecule has 0 amide bonds. The largest absolute Gasteiger partial charge is 0.332 e. The first kappa shape index (κ1) is 15.9. The Hall–Kier alpha value is -3.55. The third-order valence-corrected chi connectivity index (χ3v) is 4.08. The van der Waals surface area contributed by atoms with Crippen molar-refractivity contribution in [1.82, 2.24) is 33.7 Å². The predicted molar refractivity (Wildman–Crippen MR) is 98.0 cm³/mol. The van der Waals surface area contributed by atoms with Crippen LogP contribution in [0.5, 0.6) is 0 Å². The molecule has 26 heavy (non-hydrogen) atoms. The number of imidazole rings is 1. The molecule has 0 bridgehead atoms. The smallest absolute Gasteiger partial charge is 0.256 e. The zero-order valence-corrected chi connectivity index (χ0v) is 14.7. The van der Waals surface area contributed by atoms with E-state index in [1.165, 1.54) is 10.6 Å². The molecule has 4 heterocycles. The molecule has 0 aromatic carbocycles. The Kier molecular flexibility index (Phi) is 3.72. The van der Waals surface area contributed by atoms with E-state index in [0.717, 1.165) is 17.0 Å². The van der Waals surface area contributed by atoms with Gasteiger partial charge in [-0.25, -0.2) is 14.5 Å². The Morgan fingerprint density at radius 3 is 2.73 bits per heavy atom. The first-order valence-corrected chi connectivity index (χ1v) is 8.11. The fourth-order valence-corrected chi connectivity index (χ4v) is 2.68. The minimum Gasteiger partial charge on any atom is -0.332 e. The molecule has 4 rings (SSSR count). The van der Waals surface area contributed by atoms with E-state index in [1.54, 1.807) is 41.3 Å². The topological polar surface area (TPSA) is 82.9 Å². The van der Waals surface area contributed by atoms with Gasteiger partial charge in [0, 0.05) is 31.7 Å². The maximum atomic E-state index is 11.9. The molecule has 4 aromatic heterocycles. The second-order valence-electron chi connectivity index (χ2n) is 6.00. The summed E-state index contributed by atoms with van der Waals surface area (Å²) in [5.41, 5.74) is 2.36. The van der Waals surface area contributed by atoms with Crippen molar-refractivity contribution >= 4 is 17.8 Å². The molecule has 0 radical (unpaired) electrons. The number of hydrogen-bond acceptors (Lipinski definition) is 5. The van der Waals surface area contributed by atoms with Gasteiger partial charge in [0.1, 0.15) is 5.82 Å². The van der Waals surface area contributed by atoms with Crippen molar-refractivity contribution in [2.24, 2.45) is 7.05 Å². The normalized spacial score (nSPS) is 11.7. The maximum Gasteiger partial charge on any atom is 0.256 e. The van der Waals surface area contributed by atoms with E-state index in [-0.39, 0.29) is 5.56 Å². The highest BCUT2D eigenvalue weighted by Gasteiger charge is 2.08. The van der Waals surface area contributed by atoms with Gasteiger partial charge in [0.25, 0.3) is 5.56 Å². The third-order valence-electron chi connectivity index (χ3n) is 4.08. The zero-order chi connectivity index (χ0) is 18.3. The molecule has 0 unspecified atom stereocenters. The summed E-state index contributed by atoms with van der Waals surface area (Å²) in [4.78, 5) is 25.3. The molecule has 0 aliphatic heterocycles. The number of nitrogens with zero attached hydrogens (tertiary/aromatic N) is 7. The van der Waals surface area contributed by atoms with E-state index in [9.17, 15) is 4.79 Å². The summed E-state index contributed by atoms with van der Waals surface area (Å²) in [7, 11) is 1.87. The van der Waals surface area contributed by atoms with Gasteiger partial charge in [-0.2, -0.15) is 0 Å². The van der Waals surface area contributed by atoms with Crippen molar-refractivity contribution in [3.05, 3.63) is 70.2 Å². The van der Waals surface area contributed by atoms with Crippen molar-refractivity contribution < 1.29 is 0 Å². The molecule has 0 aliphatic rings. The van der Waals surface area contributed by atoms with E-state index in [0.29, 0.717) is 17.5 Å². The van der Waals surface area contributed by atoms with Crippen LogP contribution in [0.3, 0.4) is 0 Å². The van der Waals surface area contributed by atoms with Gasteiger partial charge in [0.05, 0.1) is 11.4 Å². The van der Waals surface area contributed by atoms with Gasteiger partial charge in [0.15, 0.2) is 17.3 Å². The third kappa shape index (κ3) is 2.71. The monoisotopic (exact) mass is 347 g/mol. The summed E-state index contributed by atoms with van der Waals surface area (Å²) < 4.78 is 5.12. The highest BCUT2D eigenvalue weighted by Crippen LogP contribution is 2.11. The standard InChI is InChI=1S/C18H17N7O/c1-12-10-19-13(2)18-20-14(22-25(12)18)7-8-15-21-16(11-23(15)3)24-9-5-4-6-17(24)26/h4-11H,1-3H3. The van der Waals surface area contributed by atoms with Gasteiger partial charge in [-0.3, -0.25) is 14.3 Å². The van der Waals surface area contributed by atoms with Gasteiger partial charge in [-0.1, -0.05) is 6.07 Å². The lowest BCUT2D eigenvalue weighted by atomic mass is 10.4. The fraction of sp³-hybridized carbons (Fsp3) is 0.167. The summed E-state index contributed by atoms with van der Waals surface area (Å²) >= 11 is 0. The highest BCUT2D eigenvalue weighted by atomic mass is 16.1. The Morgan fingerprint density at radius 2 is 1.96 bits per heavy atom. The number of aryl methyl sites for hydroxylation is 3. The molecule has 8 nitrogen and oxygen atoms in total. The molecule has 0 saturated heterocycles. The highest BCUT2D eigenvalue weighted by molar-refractivity contribution is 5.65. The van der Waals surface area contributed by atoms with Crippen LogP contribution in [0.15, 0.2) is 41.6 Å². The lowest BCUT2D eigenvalue weighted by Gasteiger charge is -1.97. The first-order valence-electron chi connectivity index (χ1n) is 8.11. The van der Waals surface area contributed by atoms with Crippen LogP contribution in [0.1, 0.15) is 23.0 Å². The second-order valence-corrected chi connectivity index (χ2v) is 6.00. The first-order chi connectivity index (χ1) is 12.5. The SMILES string of the molecule is Cc1ncc(C)n2nc(C=Cc3nc(-n4ccccc4=O)cn3C)nc12. The summed E-state index contributed by atoms with van der Waals surface area (Å²) in [6.45, 7) is 3.84. The van der Waals surface area contributed by atoms with E-state index >= 15 is 0 Å². The number of aromatic nitrogens is 7. The summed E-state index contributed by atoms with van der Waals surface area (Å²) in [6.07, 6.45) is 8.89. The molecular formula is C18H17N7O. The number of fused-ring (bicyclic) bond motifs is 1. The van der Waals surface area contributed by atoms with Crippen LogP contribution in [-0.4, -0.2) is 33.7 Å². The summed E-state index contributed by atoms with van der Waals surface area (Å²) in [5.74, 6) is 1.84. The van der Waals surface area contributed by atoms with Gasteiger partial charge >= 0.3 is 0 Å². The van der Waals surface area contributed by atoms with Crippen LogP contribution < -0.4 is 5.56 Å². The number of hydrogen-bond donors (Lipinski definition) is 0. The van der Waals surface area contributed by atoms with Gasteiger partial charge in [-0.15, -0.1) is 5.10 Å². The van der Waals surface area contributed by atoms with Gasteiger partial charge < -0.3 is 4.57 Å². The van der Waals surface area contributed by atoms with E-state index in [4.69, 9.17) is 0 Å². The number of rotatable bonds is 3. The molecule has 0 fully saturated rings. The Morgan fingerprint density at radius 1 is 1.12 bits per heavy atom. The van der Waals surface area contributed by atoms with E-state index < -0.39 is 0 Å². The van der Waals surface area contributed by atoms with E-state index in [2.05, 4.69) is 20.1 Å². The Balaban J connectivity index is 1.70. The fourth-order valence-electron chi connectivity index (χ4n) is 2.68. The van der Waals surface area contributed by atoms with Crippen molar-refractivity contribution in [2.75, 3.05) is 0 Å². The molecule has 0 saturated carbocycles. The molecule has 4 aromatic rings. The summed E-state index contributed by atoms with van der Waals surface area (Å²) in [5, 5.41) is 4.48. The van der Waals surface area contributed by atoms with Crippen molar-refractivity contribution in [3.8, 4) is 5.82 Å². The molecular weight excluding hydrogens is 330 g/mol. The average Bonchev–Trinajstić information content (AvgIpc) is 3.21. The van der Waals surface area contributed by atoms with Crippen molar-refractivity contribution in [3.63, 3.8) is 0 Å². The van der Waals surface area contributed by atoms with Crippen LogP contribution in [-0.2, 0) is 7.05 Å². The molecule has 0 atom stereocenters. The number of pyridine rings is 1. The molecule has 0 N–H and O–H groups in total. The van der Waals surface area contributed by atoms with Crippen molar-refractivity contribution in [1.29, 1.82) is 0 Å². The minimum atomic E-state index is -0.124. The second kappa shape index (κ2) is 6.07.